The molecule has 0 aromatic carbocycles. The van der Waals surface area contributed by atoms with Gasteiger partial charge in [-0.25, -0.2) is 0 Å². The van der Waals surface area contributed by atoms with Crippen LogP contribution in [-0.4, -0.2) is 27.9 Å². The molecule has 0 aliphatic heterocycles. The lowest BCUT2D eigenvalue weighted by Crippen LogP contribution is -2.40. The lowest BCUT2D eigenvalue weighted by molar-refractivity contribution is -0.159. The van der Waals surface area contributed by atoms with Gasteiger partial charge in [-0.05, 0) is 5.92 Å². The fourth-order valence-electron chi connectivity index (χ4n) is 1.99. The number of carbonyl (C=O) groups excluding carboxylic acids is 1. The Kier molecular flexibility index (Phi) is 2.88. The van der Waals surface area contributed by atoms with Crippen molar-refractivity contribution in [3.05, 3.63) is 0 Å². The highest BCUT2D eigenvalue weighted by atomic mass is 16.4. The van der Waals surface area contributed by atoms with Crippen molar-refractivity contribution in [1.29, 1.82) is 0 Å². The van der Waals surface area contributed by atoms with Gasteiger partial charge in [-0.2, -0.15) is 0 Å². The monoisotopic (exact) mass is 200 g/mol. The second kappa shape index (κ2) is 3.77. The van der Waals surface area contributed by atoms with E-state index in [-0.39, 0.29) is 18.6 Å². The van der Waals surface area contributed by atoms with Crippen LogP contribution in [0.3, 0.4) is 0 Å². The molecule has 5 nitrogen and oxygen atoms in total. The Morgan fingerprint density at radius 3 is 2.21 bits per heavy atom. The molecule has 14 heavy (non-hydrogen) atoms. The van der Waals surface area contributed by atoms with Gasteiger partial charge < -0.3 is 10.2 Å². The largest absolute Gasteiger partial charge is 0.481 e. The number of carbonyl (C=O) groups is 3. The minimum Gasteiger partial charge on any atom is -0.481 e. The Morgan fingerprint density at radius 1 is 1.21 bits per heavy atom. The van der Waals surface area contributed by atoms with Gasteiger partial charge in [0, 0.05) is 12.8 Å². The van der Waals surface area contributed by atoms with Crippen LogP contribution < -0.4 is 0 Å². The summed E-state index contributed by atoms with van der Waals surface area (Å²) in [6.45, 7) is 1.60. The number of aliphatic carboxylic acids is 2. The van der Waals surface area contributed by atoms with Crippen LogP contribution in [0.4, 0.5) is 0 Å². The Morgan fingerprint density at radius 2 is 1.79 bits per heavy atom. The summed E-state index contributed by atoms with van der Waals surface area (Å²) in [4.78, 5) is 32.7. The van der Waals surface area contributed by atoms with Gasteiger partial charge in [-0.15, -0.1) is 0 Å². The van der Waals surface area contributed by atoms with Crippen molar-refractivity contribution in [2.75, 3.05) is 0 Å². The van der Waals surface area contributed by atoms with Gasteiger partial charge in [-0.3, -0.25) is 14.4 Å². The third kappa shape index (κ3) is 1.92. The molecule has 1 saturated carbocycles. The van der Waals surface area contributed by atoms with Gasteiger partial charge in [0.2, 0.25) is 0 Å². The van der Waals surface area contributed by atoms with Gasteiger partial charge in [0.15, 0.2) is 0 Å². The van der Waals surface area contributed by atoms with Gasteiger partial charge in [0.25, 0.3) is 0 Å². The molecule has 0 heterocycles. The molecule has 5 heteroatoms. The first kappa shape index (κ1) is 10.7. The second-order valence-corrected chi connectivity index (χ2v) is 3.73. The van der Waals surface area contributed by atoms with Crippen molar-refractivity contribution in [2.24, 2.45) is 17.8 Å². The highest BCUT2D eigenvalue weighted by Crippen LogP contribution is 2.33. The van der Waals surface area contributed by atoms with Crippen LogP contribution >= 0.6 is 0 Å². The maximum absolute atomic E-state index is 11.1. The van der Waals surface area contributed by atoms with E-state index >= 15 is 0 Å². The first-order valence-corrected chi connectivity index (χ1v) is 4.40. The Bertz CT molecular complexity index is 283. The van der Waals surface area contributed by atoms with E-state index in [0.717, 1.165) is 0 Å². The van der Waals surface area contributed by atoms with E-state index < -0.39 is 29.7 Å². The van der Waals surface area contributed by atoms with Crippen molar-refractivity contribution in [1.82, 2.24) is 0 Å². The second-order valence-electron chi connectivity index (χ2n) is 3.73. The smallest absolute Gasteiger partial charge is 0.307 e. The van der Waals surface area contributed by atoms with E-state index in [1.165, 1.54) is 0 Å². The van der Waals surface area contributed by atoms with E-state index in [2.05, 4.69) is 0 Å². The van der Waals surface area contributed by atoms with Gasteiger partial charge in [0.1, 0.15) is 5.78 Å². The number of Topliss-reactive ketones (excluding diaryl/α,β-unsaturated/α-hetero) is 1. The van der Waals surface area contributed by atoms with Crippen LogP contribution in [0.15, 0.2) is 0 Å². The van der Waals surface area contributed by atoms with Crippen LogP contribution in [0.1, 0.15) is 19.8 Å². The van der Waals surface area contributed by atoms with Crippen molar-refractivity contribution < 1.29 is 24.6 Å². The molecule has 1 aliphatic rings. The normalized spacial score (nSPS) is 32.6. The molecule has 3 unspecified atom stereocenters. The van der Waals surface area contributed by atoms with Gasteiger partial charge >= 0.3 is 11.9 Å². The molecule has 0 radical (unpaired) electrons. The average molecular weight is 200 g/mol. The molecule has 1 fully saturated rings. The standard InChI is InChI=1S/C9H12O5/c1-4-2-5(10)3-6(8(11)12)7(4)9(13)14/h4,6-7H,2-3H2,1H3,(H,11,12)(H,13,14). The molecule has 0 aromatic heterocycles. The van der Waals surface area contributed by atoms with Crippen molar-refractivity contribution in [3.8, 4) is 0 Å². The molecular weight excluding hydrogens is 188 g/mol. The summed E-state index contributed by atoms with van der Waals surface area (Å²) in [5.41, 5.74) is 0. The maximum Gasteiger partial charge on any atom is 0.307 e. The summed E-state index contributed by atoms with van der Waals surface area (Å²) in [7, 11) is 0. The highest BCUT2D eigenvalue weighted by molar-refractivity contribution is 5.89. The highest BCUT2D eigenvalue weighted by Gasteiger charge is 2.43. The van der Waals surface area contributed by atoms with Crippen molar-refractivity contribution >= 4 is 17.7 Å². The lowest BCUT2D eigenvalue weighted by Gasteiger charge is -2.29. The molecule has 0 aromatic rings. The molecule has 0 bridgehead atoms. The van der Waals surface area contributed by atoms with Crippen molar-refractivity contribution in [3.63, 3.8) is 0 Å². The van der Waals surface area contributed by atoms with Crippen LogP contribution in [-0.2, 0) is 14.4 Å². The number of carboxylic acid groups (broad SMARTS) is 2. The molecule has 1 rings (SSSR count). The van der Waals surface area contributed by atoms with Gasteiger partial charge in [-0.1, -0.05) is 6.92 Å². The fraction of sp³-hybridized carbons (Fsp3) is 0.667. The zero-order valence-electron chi connectivity index (χ0n) is 7.77. The van der Waals surface area contributed by atoms with E-state index in [1.807, 2.05) is 0 Å². The molecule has 1 aliphatic carbocycles. The van der Waals surface area contributed by atoms with Crippen LogP contribution in [0.2, 0.25) is 0 Å². The van der Waals surface area contributed by atoms with E-state index in [0.29, 0.717) is 0 Å². The SMILES string of the molecule is CC1CC(=O)CC(C(=O)O)C1C(=O)O. The predicted octanol–water partition coefficient (Wildman–Crippen LogP) is 0.387. The van der Waals surface area contributed by atoms with E-state index in [9.17, 15) is 14.4 Å². The third-order valence-electron chi connectivity index (χ3n) is 2.65. The molecule has 0 saturated heterocycles. The maximum atomic E-state index is 11.1. The van der Waals surface area contributed by atoms with E-state index in [4.69, 9.17) is 10.2 Å². The predicted molar refractivity (Wildman–Crippen MR) is 45.7 cm³/mol. The van der Waals surface area contributed by atoms with E-state index in [1.54, 1.807) is 6.92 Å². The zero-order chi connectivity index (χ0) is 10.9. The quantitative estimate of drug-likeness (QED) is 0.672. The Balaban J connectivity index is 2.91. The van der Waals surface area contributed by atoms with Crippen LogP contribution in [0.5, 0.6) is 0 Å². The molecule has 3 atom stereocenters. The third-order valence-corrected chi connectivity index (χ3v) is 2.65. The summed E-state index contributed by atoms with van der Waals surface area (Å²) in [6, 6.07) is 0. The number of carboxylic acids is 2. The van der Waals surface area contributed by atoms with Crippen LogP contribution in [0.25, 0.3) is 0 Å². The summed E-state index contributed by atoms with van der Waals surface area (Å²) >= 11 is 0. The zero-order valence-corrected chi connectivity index (χ0v) is 7.77. The number of hydrogen-bond acceptors (Lipinski definition) is 3. The first-order chi connectivity index (χ1) is 6.43. The Hall–Kier alpha value is -1.39. The lowest BCUT2D eigenvalue weighted by atomic mass is 9.72. The summed E-state index contributed by atoms with van der Waals surface area (Å²) in [5.74, 6) is -4.89. The summed E-state index contributed by atoms with van der Waals surface area (Å²) < 4.78 is 0. The topological polar surface area (TPSA) is 91.7 Å². The van der Waals surface area contributed by atoms with Crippen LogP contribution in [0, 0.1) is 17.8 Å². The number of hydrogen-bond donors (Lipinski definition) is 2. The minimum atomic E-state index is -1.20. The molecule has 0 spiro atoms. The fourth-order valence-corrected chi connectivity index (χ4v) is 1.99. The first-order valence-electron chi connectivity index (χ1n) is 4.40. The van der Waals surface area contributed by atoms with Crippen molar-refractivity contribution in [2.45, 2.75) is 19.8 Å². The van der Waals surface area contributed by atoms with Gasteiger partial charge in [0.05, 0.1) is 11.8 Å². The summed E-state index contributed by atoms with van der Waals surface area (Å²) in [6.07, 6.45) is 0.0113. The molecule has 0 amide bonds. The number of ketones is 1. The summed E-state index contributed by atoms with van der Waals surface area (Å²) in [5, 5.41) is 17.6. The average Bonchev–Trinajstić information content (AvgIpc) is 2.01. The number of rotatable bonds is 2. The molecule has 2 N–H and O–H groups in total. The molecular formula is C9H12O5. The molecule has 78 valence electrons. The minimum absolute atomic E-state index is 0.156. The Labute approximate surface area is 80.7 Å².